The van der Waals surface area contributed by atoms with Gasteiger partial charge in [-0.2, -0.15) is 0 Å². The maximum absolute atomic E-state index is 13.1. The quantitative estimate of drug-likeness (QED) is 0.577. The lowest BCUT2D eigenvalue weighted by Crippen LogP contribution is -2.21. The van der Waals surface area contributed by atoms with Crippen LogP contribution in [0.2, 0.25) is 0 Å². The molecule has 3 aromatic rings. The number of hydrogen-bond acceptors (Lipinski definition) is 1. The Morgan fingerprint density at radius 1 is 0.750 bits per heavy atom. The molecule has 1 aliphatic carbocycles. The van der Waals surface area contributed by atoms with Gasteiger partial charge in [0.25, 0.3) is 0 Å². The fourth-order valence-electron chi connectivity index (χ4n) is 3.69. The predicted molar refractivity (Wildman–Crippen MR) is 97.5 cm³/mol. The molecule has 0 heterocycles. The molecule has 0 aromatic heterocycles. The first-order valence-corrected chi connectivity index (χ1v) is 8.44. The third-order valence-electron chi connectivity index (χ3n) is 4.86. The van der Waals surface area contributed by atoms with E-state index >= 15 is 0 Å². The number of ketones is 1. The average molecular weight is 313 g/mol. The third kappa shape index (κ3) is 2.67. The Morgan fingerprint density at radius 2 is 1.33 bits per heavy atom. The standard InChI is InChI=1S/C23H20O/c24-23(18-11-5-2-6-12-18)22-16-15-19(17-9-3-1-4-10-17)20-13-7-8-14-21(20)22/h1-14,19,22H,15-16H2/i22D. The number of rotatable bonds is 3. The molecule has 0 amide bonds. The Bertz CT molecular complexity index is 888. The molecular formula is C23H20O. The highest BCUT2D eigenvalue weighted by molar-refractivity contribution is 6.01. The van der Waals surface area contributed by atoms with Crippen LogP contribution in [0.25, 0.3) is 0 Å². The van der Waals surface area contributed by atoms with Crippen LogP contribution in [0, 0.1) is 0 Å². The van der Waals surface area contributed by atoms with Crippen molar-refractivity contribution in [1.29, 1.82) is 0 Å². The second-order valence-corrected chi connectivity index (χ2v) is 6.26. The van der Waals surface area contributed by atoms with Crippen molar-refractivity contribution < 1.29 is 6.17 Å². The molecule has 118 valence electrons. The van der Waals surface area contributed by atoms with Crippen LogP contribution in [0.5, 0.6) is 0 Å². The summed E-state index contributed by atoms with van der Waals surface area (Å²) in [5.41, 5.74) is 3.83. The summed E-state index contributed by atoms with van der Waals surface area (Å²) in [6, 6.07) is 27.6. The lowest BCUT2D eigenvalue weighted by molar-refractivity contribution is 0.0950. The Balaban J connectivity index is 1.80. The Hall–Kier alpha value is -2.67. The average Bonchev–Trinajstić information content (AvgIpc) is 2.69. The highest BCUT2D eigenvalue weighted by atomic mass is 16.1. The van der Waals surface area contributed by atoms with E-state index in [9.17, 15) is 4.79 Å². The fourth-order valence-corrected chi connectivity index (χ4v) is 3.69. The maximum Gasteiger partial charge on any atom is 0.170 e. The molecule has 4 rings (SSSR count). The number of carbonyl (C=O) groups is 1. The van der Waals surface area contributed by atoms with Crippen LogP contribution in [-0.4, -0.2) is 5.78 Å². The minimum absolute atomic E-state index is 0.105. The molecular weight excluding hydrogens is 292 g/mol. The first kappa shape index (κ1) is 13.7. The van der Waals surface area contributed by atoms with E-state index in [4.69, 9.17) is 1.37 Å². The molecule has 1 nitrogen and oxygen atoms in total. The van der Waals surface area contributed by atoms with E-state index in [1.165, 1.54) is 5.56 Å². The molecule has 3 aromatic carbocycles. The van der Waals surface area contributed by atoms with Gasteiger partial charge >= 0.3 is 0 Å². The Kier molecular flexibility index (Phi) is 3.69. The molecule has 0 aliphatic heterocycles. The van der Waals surface area contributed by atoms with Crippen molar-refractivity contribution in [3.63, 3.8) is 0 Å². The second-order valence-electron chi connectivity index (χ2n) is 6.26. The summed E-state index contributed by atoms with van der Waals surface area (Å²) in [5.74, 6) is -1.06. The van der Waals surface area contributed by atoms with Gasteiger partial charge < -0.3 is 0 Å². The Morgan fingerprint density at radius 3 is 2.04 bits per heavy atom. The normalized spacial score (nSPS) is 23.2. The molecule has 0 saturated carbocycles. The monoisotopic (exact) mass is 313 g/mol. The zero-order valence-electron chi connectivity index (χ0n) is 14.5. The van der Waals surface area contributed by atoms with E-state index in [-0.39, 0.29) is 11.7 Å². The van der Waals surface area contributed by atoms with Crippen molar-refractivity contribution in [2.75, 3.05) is 0 Å². The molecule has 2 atom stereocenters. The summed E-state index contributed by atoms with van der Waals surface area (Å²) in [6.45, 7) is 0. The summed E-state index contributed by atoms with van der Waals surface area (Å²) in [4.78, 5) is 13.1. The van der Waals surface area contributed by atoms with Gasteiger partial charge in [0.15, 0.2) is 5.78 Å². The minimum Gasteiger partial charge on any atom is -0.293 e. The first-order valence-electron chi connectivity index (χ1n) is 8.94. The van der Waals surface area contributed by atoms with Gasteiger partial charge in [-0.25, -0.2) is 0 Å². The molecule has 0 saturated heterocycles. The van der Waals surface area contributed by atoms with E-state index in [0.29, 0.717) is 12.0 Å². The van der Waals surface area contributed by atoms with Crippen molar-refractivity contribution >= 4 is 5.78 Å². The molecule has 0 bridgehead atoms. The van der Waals surface area contributed by atoms with Gasteiger partial charge in [-0.15, -0.1) is 0 Å². The molecule has 0 fully saturated rings. The molecule has 0 spiro atoms. The van der Waals surface area contributed by atoms with E-state index in [0.717, 1.165) is 17.5 Å². The molecule has 1 aliphatic rings. The van der Waals surface area contributed by atoms with Gasteiger partial charge in [0, 0.05) is 18.7 Å². The van der Waals surface area contributed by atoms with Gasteiger partial charge in [-0.05, 0) is 29.5 Å². The number of benzene rings is 3. The van der Waals surface area contributed by atoms with Crippen LogP contribution in [0.3, 0.4) is 0 Å². The van der Waals surface area contributed by atoms with Crippen molar-refractivity contribution in [2.24, 2.45) is 0 Å². The van der Waals surface area contributed by atoms with Crippen LogP contribution < -0.4 is 0 Å². The summed E-state index contributed by atoms with van der Waals surface area (Å²) in [6.07, 6.45) is 1.35. The topological polar surface area (TPSA) is 17.1 Å². The van der Waals surface area contributed by atoms with Crippen LogP contribution >= 0.6 is 0 Å². The van der Waals surface area contributed by atoms with Crippen molar-refractivity contribution in [3.05, 3.63) is 107 Å². The van der Waals surface area contributed by atoms with Crippen LogP contribution in [0.1, 0.15) is 53.1 Å². The largest absolute Gasteiger partial charge is 0.293 e. The van der Waals surface area contributed by atoms with E-state index < -0.39 is 5.89 Å². The number of fused-ring (bicyclic) bond motifs is 1. The highest BCUT2D eigenvalue weighted by Gasteiger charge is 2.32. The lowest BCUT2D eigenvalue weighted by atomic mass is 9.72. The fraction of sp³-hybridized carbons (Fsp3) is 0.174. The predicted octanol–water partition coefficient (Wildman–Crippen LogP) is 5.58. The van der Waals surface area contributed by atoms with Crippen molar-refractivity contribution in [3.8, 4) is 0 Å². The number of hydrogen-bond donors (Lipinski definition) is 0. The van der Waals surface area contributed by atoms with Gasteiger partial charge in [0.05, 0.1) is 0 Å². The van der Waals surface area contributed by atoms with E-state index in [2.05, 4.69) is 30.3 Å². The summed E-state index contributed by atoms with van der Waals surface area (Å²) in [5, 5.41) is 0. The molecule has 2 unspecified atom stereocenters. The van der Waals surface area contributed by atoms with E-state index in [1.54, 1.807) is 0 Å². The van der Waals surface area contributed by atoms with Gasteiger partial charge in [0.2, 0.25) is 0 Å². The van der Waals surface area contributed by atoms with Gasteiger partial charge in [-0.3, -0.25) is 4.79 Å². The zero-order chi connectivity index (χ0) is 17.3. The summed E-state index contributed by atoms with van der Waals surface area (Å²) < 4.78 is 9.05. The zero-order valence-corrected chi connectivity index (χ0v) is 13.5. The van der Waals surface area contributed by atoms with Crippen molar-refractivity contribution in [2.45, 2.75) is 24.7 Å². The number of carbonyl (C=O) groups excluding carboxylic acids is 1. The SMILES string of the molecule is [2H]C1(C(=O)c2ccccc2)CCC(c2ccccc2)c2ccccc21. The highest BCUT2D eigenvalue weighted by Crippen LogP contribution is 2.43. The minimum atomic E-state index is -1.21. The molecule has 0 N–H and O–H groups in total. The molecule has 24 heavy (non-hydrogen) atoms. The Labute approximate surface area is 144 Å². The third-order valence-corrected chi connectivity index (χ3v) is 4.86. The molecule has 0 radical (unpaired) electrons. The van der Waals surface area contributed by atoms with Crippen molar-refractivity contribution in [1.82, 2.24) is 0 Å². The number of Topliss-reactive ketones (excluding diaryl/α,β-unsaturated/α-hetero) is 1. The van der Waals surface area contributed by atoms with Gasteiger partial charge in [-0.1, -0.05) is 84.9 Å². The summed E-state index contributed by atoms with van der Waals surface area (Å²) in [7, 11) is 0. The van der Waals surface area contributed by atoms with E-state index in [1.807, 2.05) is 54.6 Å². The smallest absolute Gasteiger partial charge is 0.170 e. The van der Waals surface area contributed by atoms with Crippen LogP contribution in [-0.2, 0) is 0 Å². The maximum atomic E-state index is 13.1. The molecule has 1 heteroatoms. The van der Waals surface area contributed by atoms with Crippen LogP contribution in [0.15, 0.2) is 84.9 Å². The summed E-state index contributed by atoms with van der Waals surface area (Å²) >= 11 is 0. The van der Waals surface area contributed by atoms with Gasteiger partial charge in [0.1, 0.15) is 0 Å². The second kappa shape index (κ2) is 6.45. The first-order chi connectivity index (χ1) is 12.2. The lowest BCUT2D eigenvalue weighted by Gasteiger charge is -2.31. The van der Waals surface area contributed by atoms with Crippen LogP contribution in [0.4, 0.5) is 0 Å².